The van der Waals surface area contributed by atoms with E-state index in [1.807, 2.05) is 36.4 Å². The average molecular weight is 470 g/mol. The van der Waals surface area contributed by atoms with E-state index in [1.165, 1.54) is 0 Å². The van der Waals surface area contributed by atoms with Crippen LogP contribution in [0.4, 0.5) is 16.2 Å². The Kier molecular flexibility index (Phi) is 6.42. The number of hydrogen-bond donors (Lipinski definition) is 3. The lowest BCUT2D eigenvalue weighted by atomic mass is 10.0. The number of H-pyrrole nitrogens is 1. The normalized spacial score (nSPS) is 13.7. The fourth-order valence-corrected chi connectivity index (χ4v) is 4.66. The van der Waals surface area contributed by atoms with E-state index in [4.69, 9.17) is 4.74 Å². The van der Waals surface area contributed by atoms with Crippen molar-refractivity contribution < 1.29 is 9.53 Å². The molecule has 35 heavy (non-hydrogen) atoms. The van der Waals surface area contributed by atoms with E-state index in [9.17, 15) is 4.79 Å². The van der Waals surface area contributed by atoms with Gasteiger partial charge in [-0.05, 0) is 67.4 Å². The standard InChI is InChI=1S/C28H31N5O2/c1-4-18-7-6-8-19(5-2)26(18)30-28(34)29-22-10-11-24-23(16-22)27(32-31-24)20-9-12-25-21(15-20)17-33(3)13-14-35-25/h6-12,15-16H,4-5,13-14,17H2,1-3H3,(H,31,32)(H2,29,30,34). The monoisotopic (exact) mass is 469 g/mol. The van der Waals surface area contributed by atoms with E-state index >= 15 is 0 Å². The highest BCUT2D eigenvalue weighted by molar-refractivity contribution is 6.03. The first-order chi connectivity index (χ1) is 17.1. The van der Waals surface area contributed by atoms with Crippen molar-refractivity contribution in [1.82, 2.24) is 15.1 Å². The van der Waals surface area contributed by atoms with Crippen LogP contribution in [0.1, 0.15) is 30.5 Å². The van der Waals surface area contributed by atoms with Crippen LogP contribution in [-0.2, 0) is 19.4 Å². The summed E-state index contributed by atoms with van der Waals surface area (Å²) in [5, 5.41) is 14.7. The summed E-state index contributed by atoms with van der Waals surface area (Å²) in [6.45, 7) is 6.61. The van der Waals surface area contributed by atoms with Gasteiger partial charge in [0.2, 0.25) is 0 Å². The Balaban J connectivity index is 1.41. The molecule has 3 aromatic carbocycles. The number of carbonyl (C=O) groups excluding carboxylic acids is 1. The molecule has 5 rings (SSSR count). The highest BCUT2D eigenvalue weighted by Gasteiger charge is 2.16. The molecule has 0 saturated carbocycles. The molecule has 0 radical (unpaired) electrons. The number of rotatable bonds is 5. The third kappa shape index (κ3) is 4.72. The summed E-state index contributed by atoms with van der Waals surface area (Å²) in [5.41, 5.74) is 7.80. The largest absolute Gasteiger partial charge is 0.492 e. The number of benzene rings is 3. The lowest BCUT2D eigenvalue weighted by Crippen LogP contribution is -2.21. The van der Waals surface area contributed by atoms with Crippen LogP contribution in [-0.4, -0.2) is 41.3 Å². The molecule has 1 aromatic heterocycles. The third-order valence-corrected chi connectivity index (χ3v) is 6.56. The summed E-state index contributed by atoms with van der Waals surface area (Å²) in [4.78, 5) is 15.2. The van der Waals surface area contributed by atoms with Crippen LogP contribution in [0.15, 0.2) is 54.6 Å². The Labute approximate surface area is 205 Å². The van der Waals surface area contributed by atoms with Crippen LogP contribution in [0.3, 0.4) is 0 Å². The van der Waals surface area contributed by atoms with Gasteiger partial charge in [0.1, 0.15) is 12.4 Å². The van der Waals surface area contributed by atoms with Gasteiger partial charge in [-0.2, -0.15) is 5.10 Å². The molecular weight excluding hydrogens is 438 g/mol. The van der Waals surface area contributed by atoms with E-state index in [1.54, 1.807) is 0 Å². The Bertz CT molecular complexity index is 1360. The second-order valence-corrected chi connectivity index (χ2v) is 8.98. The summed E-state index contributed by atoms with van der Waals surface area (Å²) in [5.74, 6) is 0.927. The van der Waals surface area contributed by atoms with Gasteiger partial charge in [0.25, 0.3) is 0 Å². The van der Waals surface area contributed by atoms with Crippen LogP contribution in [0.5, 0.6) is 5.75 Å². The number of carbonyl (C=O) groups is 1. The van der Waals surface area contributed by atoms with Crippen molar-refractivity contribution in [3.63, 3.8) is 0 Å². The van der Waals surface area contributed by atoms with Gasteiger partial charge in [0.05, 0.1) is 11.2 Å². The molecule has 3 N–H and O–H groups in total. The van der Waals surface area contributed by atoms with Crippen molar-refractivity contribution in [1.29, 1.82) is 0 Å². The maximum Gasteiger partial charge on any atom is 0.323 e. The minimum absolute atomic E-state index is 0.254. The zero-order valence-electron chi connectivity index (χ0n) is 20.4. The number of aryl methyl sites for hydroxylation is 2. The lowest BCUT2D eigenvalue weighted by molar-refractivity contribution is 0.259. The number of likely N-dealkylation sites (N-methyl/N-ethyl adjacent to an activating group) is 1. The molecular formula is C28H31N5O2. The smallest absolute Gasteiger partial charge is 0.323 e. The Morgan fingerprint density at radius 2 is 1.86 bits per heavy atom. The molecule has 2 amide bonds. The molecule has 0 atom stereocenters. The quantitative estimate of drug-likeness (QED) is 0.344. The highest BCUT2D eigenvalue weighted by Crippen LogP contribution is 2.33. The van der Waals surface area contributed by atoms with Crippen molar-refractivity contribution in [3.05, 3.63) is 71.3 Å². The maximum absolute atomic E-state index is 12.9. The molecule has 1 aliphatic rings. The average Bonchev–Trinajstić information content (AvgIpc) is 3.18. The Morgan fingerprint density at radius 3 is 2.63 bits per heavy atom. The number of urea groups is 1. The van der Waals surface area contributed by atoms with Gasteiger partial charge in [0, 0.05) is 41.0 Å². The number of ether oxygens (including phenoxy) is 1. The number of anilines is 2. The first kappa shape index (κ1) is 22.9. The molecule has 7 heteroatoms. The van der Waals surface area contributed by atoms with Crippen LogP contribution in [0, 0.1) is 0 Å². The van der Waals surface area contributed by atoms with Gasteiger partial charge in [-0.25, -0.2) is 4.79 Å². The number of nitrogens with zero attached hydrogens (tertiary/aromatic N) is 2. The summed E-state index contributed by atoms with van der Waals surface area (Å²) in [6.07, 6.45) is 1.71. The Morgan fingerprint density at radius 1 is 1.06 bits per heavy atom. The Hall–Kier alpha value is -3.84. The molecule has 4 aromatic rings. The number of aromatic amines is 1. The predicted octanol–water partition coefficient (Wildman–Crippen LogP) is 5.82. The molecule has 0 aliphatic carbocycles. The maximum atomic E-state index is 12.9. The zero-order chi connectivity index (χ0) is 24.4. The highest BCUT2D eigenvalue weighted by atomic mass is 16.5. The fourth-order valence-electron chi connectivity index (χ4n) is 4.66. The molecule has 0 spiro atoms. The second kappa shape index (κ2) is 9.80. The summed E-state index contributed by atoms with van der Waals surface area (Å²) >= 11 is 0. The van der Waals surface area contributed by atoms with Crippen LogP contribution >= 0.6 is 0 Å². The molecule has 0 saturated heterocycles. The minimum atomic E-state index is -0.254. The minimum Gasteiger partial charge on any atom is -0.492 e. The SMILES string of the molecule is CCc1cccc(CC)c1NC(=O)Nc1ccc2[nH]nc(-c3ccc4c(c3)CN(C)CCO4)c2c1. The van der Waals surface area contributed by atoms with E-state index in [0.717, 1.165) is 76.2 Å². The zero-order valence-corrected chi connectivity index (χ0v) is 20.4. The molecule has 1 aliphatic heterocycles. The molecule has 0 fully saturated rings. The van der Waals surface area contributed by atoms with Crippen LogP contribution < -0.4 is 15.4 Å². The van der Waals surface area contributed by atoms with Gasteiger partial charge in [-0.15, -0.1) is 0 Å². The van der Waals surface area contributed by atoms with Gasteiger partial charge in [-0.1, -0.05) is 32.0 Å². The lowest BCUT2D eigenvalue weighted by Gasteiger charge is -2.15. The van der Waals surface area contributed by atoms with E-state index < -0.39 is 0 Å². The van der Waals surface area contributed by atoms with Crippen molar-refractivity contribution in [3.8, 4) is 17.0 Å². The van der Waals surface area contributed by atoms with Crippen molar-refractivity contribution in [2.75, 3.05) is 30.8 Å². The summed E-state index contributed by atoms with van der Waals surface area (Å²) in [6, 6.07) is 17.9. The van der Waals surface area contributed by atoms with Gasteiger partial charge >= 0.3 is 6.03 Å². The number of fused-ring (bicyclic) bond motifs is 2. The molecule has 7 nitrogen and oxygen atoms in total. The van der Waals surface area contributed by atoms with Crippen molar-refractivity contribution in [2.45, 2.75) is 33.2 Å². The first-order valence-corrected chi connectivity index (χ1v) is 12.2. The van der Waals surface area contributed by atoms with Crippen molar-refractivity contribution >= 4 is 28.3 Å². The van der Waals surface area contributed by atoms with Crippen molar-refractivity contribution in [2.24, 2.45) is 0 Å². The number of nitrogens with one attached hydrogen (secondary N) is 3. The topological polar surface area (TPSA) is 82.3 Å². The van der Waals surface area contributed by atoms with Gasteiger partial charge in [-0.3, -0.25) is 10.00 Å². The van der Waals surface area contributed by atoms with Crippen LogP contribution in [0.25, 0.3) is 22.2 Å². The third-order valence-electron chi connectivity index (χ3n) is 6.56. The first-order valence-electron chi connectivity index (χ1n) is 12.2. The molecule has 0 bridgehead atoms. The number of amides is 2. The summed E-state index contributed by atoms with van der Waals surface area (Å²) < 4.78 is 5.90. The van der Waals surface area contributed by atoms with E-state index in [0.29, 0.717) is 12.3 Å². The number of hydrogen-bond acceptors (Lipinski definition) is 4. The van der Waals surface area contributed by atoms with Gasteiger partial charge < -0.3 is 15.4 Å². The number of para-hydroxylation sites is 1. The van der Waals surface area contributed by atoms with E-state index in [2.05, 4.69) is 64.8 Å². The molecule has 2 heterocycles. The predicted molar refractivity (Wildman–Crippen MR) is 141 cm³/mol. The van der Waals surface area contributed by atoms with E-state index in [-0.39, 0.29) is 6.03 Å². The van der Waals surface area contributed by atoms with Crippen LogP contribution in [0.2, 0.25) is 0 Å². The molecule has 0 unspecified atom stereocenters. The summed E-state index contributed by atoms with van der Waals surface area (Å²) in [7, 11) is 2.10. The molecule has 180 valence electrons. The fraction of sp³-hybridized carbons (Fsp3) is 0.286. The number of aromatic nitrogens is 2. The second-order valence-electron chi connectivity index (χ2n) is 8.98. The van der Waals surface area contributed by atoms with Gasteiger partial charge in [0.15, 0.2) is 0 Å².